The van der Waals surface area contributed by atoms with E-state index >= 15 is 0 Å². The number of pyridine rings is 1. The topological polar surface area (TPSA) is 37.4 Å². The quantitative estimate of drug-likeness (QED) is 0.915. The summed E-state index contributed by atoms with van der Waals surface area (Å²) in [5, 5.41) is 3.44. The van der Waals surface area contributed by atoms with Gasteiger partial charge in [0.05, 0.1) is 17.9 Å². The molecule has 0 aliphatic carbocycles. The molecule has 2 aromatic rings. The van der Waals surface area contributed by atoms with Gasteiger partial charge in [-0.3, -0.25) is 9.88 Å². The molecule has 2 heterocycles. The number of hydrogen-bond acceptors (Lipinski definition) is 4. The molecule has 3 rings (SSSR count). The Labute approximate surface area is 125 Å². The number of fused-ring (bicyclic) bond motifs is 1. The van der Waals surface area contributed by atoms with E-state index in [0.717, 1.165) is 43.3 Å². The van der Waals surface area contributed by atoms with Crippen LogP contribution < -0.4 is 10.1 Å². The maximum atomic E-state index is 6.08. The number of ether oxygens (including phenoxy) is 1. The first kappa shape index (κ1) is 13.9. The summed E-state index contributed by atoms with van der Waals surface area (Å²) in [6, 6.07) is 14.2. The number of anilines is 1. The minimum atomic E-state index is 0.170. The SMILES string of the molecule is CCN(Cc1ccccn1)CC1CNc2ccccc2O1. The van der Waals surface area contributed by atoms with E-state index in [1.165, 1.54) is 0 Å². The van der Waals surface area contributed by atoms with Gasteiger partial charge in [0, 0.05) is 19.3 Å². The smallest absolute Gasteiger partial charge is 0.142 e. The molecule has 0 radical (unpaired) electrons. The molecule has 0 amide bonds. The van der Waals surface area contributed by atoms with Crippen molar-refractivity contribution >= 4 is 5.69 Å². The number of hydrogen-bond donors (Lipinski definition) is 1. The van der Waals surface area contributed by atoms with Gasteiger partial charge in [-0.05, 0) is 30.8 Å². The summed E-state index contributed by atoms with van der Waals surface area (Å²) in [6.45, 7) is 5.76. The van der Waals surface area contributed by atoms with Gasteiger partial charge < -0.3 is 10.1 Å². The largest absolute Gasteiger partial charge is 0.485 e. The van der Waals surface area contributed by atoms with Crippen molar-refractivity contribution in [2.75, 3.05) is 25.0 Å². The molecule has 1 aliphatic heterocycles. The average molecular weight is 283 g/mol. The van der Waals surface area contributed by atoms with Gasteiger partial charge >= 0.3 is 0 Å². The Bertz CT molecular complexity index is 573. The second kappa shape index (κ2) is 6.59. The van der Waals surface area contributed by atoms with E-state index in [9.17, 15) is 0 Å². The predicted octanol–water partition coefficient (Wildman–Crippen LogP) is 2.78. The number of likely N-dealkylation sites (N-methyl/N-ethyl adjacent to an activating group) is 1. The van der Waals surface area contributed by atoms with Crippen LogP contribution in [0.15, 0.2) is 48.7 Å². The molecular formula is C17H21N3O. The Morgan fingerprint density at radius 1 is 1.24 bits per heavy atom. The van der Waals surface area contributed by atoms with Crippen LogP contribution in [0.1, 0.15) is 12.6 Å². The standard InChI is InChI=1S/C17H21N3O/c1-2-20(12-14-7-5-6-10-18-14)13-15-11-19-16-8-3-4-9-17(16)21-15/h3-10,15,19H,2,11-13H2,1H3. The van der Waals surface area contributed by atoms with Crippen LogP contribution in [-0.2, 0) is 6.54 Å². The van der Waals surface area contributed by atoms with Crippen molar-refractivity contribution in [3.05, 3.63) is 54.4 Å². The average Bonchev–Trinajstić information content (AvgIpc) is 2.55. The summed E-state index contributed by atoms with van der Waals surface area (Å²) in [4.78, 5) is 6.76. The zero-order valence-electron chi connectivity index (χ0n) is 12.3. The van der Waals surface area contributed by atoms with Crippen molar-refractivity contribution in [3.63, 3.8) is 0 Å². The summed E-state index contributed by atoms with van der Waals surface area (Å²) in [6.07, 6.45) is 2.02. The number of benzene rings is 1. The summed E-state index contributed by atoms with van der Waals surface area (Å²) >= 11 is 0. The summed E-state index contributed by atoms with van der Waals surface area (Å²) in [5.74, 6) is 0.947. The van der Waals surface area contributed by atoms with E-state index in [0.29, 0.717) is 0 Å². The summed E-state index contributed by atoms with van der Waals surface area (Å²) < 4.78 is 6.08. The molecule has 0 saturated heterocycles. The summed E-state index contributed by atoms with van der Waals surface area (Å²) in [7, 11) is 0. The molecular weight excluding hydrogens is 262 g/mol. The number of nitrogens with zero attached hydrogens (tertiary/aromatic N) is 2. The van der Waals surface area contributed by atoms with E-state index < -0.39 is 0 Å². The van der Waals surface area contributed by atoms with Crippen molar-refractivity contribution in [1.82, 2.24) is 9.88 Å². The molecule has 1 N–H and O–H groups in total. The fourth-order valence-corrected chi connectivity index (χ4v) is 2.58. The van der Waals surface area contributed by atoms with Crippen LogP contribution in [-0.4, -0.2) is 35.6 Å². The Balaban J connectivity index is 1.60. The van der Waals surface area contributed by atoms with Crippen LogP contribution in [0.3, 0.4) is 0 Å². The molecule has 4 nitrogen and oxygen atoms in total. The first-order valence-electron chi connectivity index (χ1n) is 7.47. The molecule has 1 aromatic heterocycles. The van der Waals surface area contributed by atoms with Gasteiger partial charge in [-0.1, -0.05) is 25.1 Å². The molecule has 110 valence electrons. The van der Waals surface area contributed by atoms with Crippen LogP contribution in [0, 0.1) is 0 Å². The predicted molar refractivity (Wildman–Crippen MR) is 84.5 cm³/mol. The van der Waals surface area contributed by atoms with Gasteiger partial charge in [0.25, 0.3) is 0 Å². The van der Waals surface area contributed by atoms with Crippen LogP contribution in [0.25, 0.3) is 0 Å². The third-order valence-corrected chi connectivity index (χ3v) is 3.72. The van der Waals surface area contributed by atoms with Crippen LogP contribution in [0.2, 0.25) is 0 Å². The second-order valence-corrected chi connectivity index (χ2v) is 5.27. The van der Waals surface area contributed by atoms with Crippen molar-refractivity contribution < 1.29 is 4.74 Å². The van der Waals surface area contributed by atoms with Gasteiger partial charge in [0.2, 0.25) is 0 Å². The van der Waals surface area contributed by atoms with E-state index in [1.807, 2.05) is 36.5 Å². The zero-order chi connectivity index (χ0) is 14.5. The molecule has 1 aromatic carbocycles. The number of rotatable bonds is 5. The highest BCUT2D eigenvalue weighted by molar-refractivity contribution is 5.57. The highest BCUT2D eigenvalue weighted by atomic mass is 16.5. The van der Waals surface area contributed by atoms with Gasteiger partial charge in [-0.25, -0.2) is 0 Å². The fourth-order valence-electron chi connectivity index (χ4n) is 2.58. The van der Waals surface area contributed by atoms with Gasteiger partial charge in [0.15, 0.2) is 0 Å². The normalized spacial score (nSPS) is 17.0. The number of nitrogens with one attached hydrogen (secondary N) is 1. The minimum Gasteiger partial charge on any atom is -0.485 e. The Kier molecular flexibility index (Phi) is 4.36. The molecule has 0 bridgehead atoms. The third-order valence-electron chi connectivity index (χ3n) is 3.72. The third kappa shape index (κ3) is 3.52. The van der Waals surface area contributed by atoms with Crippen LogP contribution >= 0.6 is 0 Å². The monoisotopic (exact) mass is 283 g/mol. The molecule has 1 unspecified atom stereocenters. The minimum absolute atomic E-state index is 0.170. The van der Waals surface area contributed by atoms with E-state index in [4.69, 9.17) is 4.74 Å². The van der Waals surface area contributed by atoms with Crippen molar-refractivity contribution in [2.45, 2.75) is 19.6 Å². The molecule has 1 aliphatic rings. The van der Waals surface area contributed by atoms with Crippen LogP contribution in [0.4, 0.5) is 5.69 Å². The zero-order valence-corrected chi connectivity index (χ0v) is 12.3. The van der Waals surface area contributed by atoms with Crippen molar-refractivity contribution in [3.8, 4) is 5.75 Å². The lowest BCUT2D eigenvalue weighted by Gasteiger charge is -2.31. The molecule has 4 heteroatoms. The Hall–Kier alpha value is -2.07. The van der Waals surface area contributed by atoms with Gasteiger partial charge in [-0.2, -0.15) is 0 Å². The Morgan fingerprint density at radius 2 is 2.10 bits per heavy atom. The first-order valence-corrected chi connectivity index (χ1v) is 7.47. The molecule has 21 heavy (non-hydrogen) atoms. The first-order chi connectivity index (χ1) is 10.3. The maximum Gasteiger partial charge on any atom is 0.142 e. The van der Waals surface area contributed by atoms with E-state index in [-0.39, 0.29) is 6.10 Å². The molecule has 0 saturated carbocycles. The lowest BCUT2D eigenvalue weighted by Crippen LogP contribution is -2.41. The maximum absolute atomic E-state index is 6.08. The highest BCUT2D eigenvalue weighted by Crippen LogP contribution is 2.28. The van der Waals surface area contributed by atoms with E-state index in [1.54, 1.807) is 0 Å². The van der Waals surface area contributed by atoms with Gasteiger partial charge in [0.1, 0.15) is 11.9 Å². The lowest BCUT2D eigenvalue weighted by molar-refractivity contribution is 0.134. The van der Waals surface area contributed by atoms with Crippen LogP contribution in [0.5, 0.6) is 5.75 Å². The van der Waals surface area contributed by atoms with Crippen molar-refractivity contribution in [2.24, 2.45) is 0 Å². The lowest BCUT2D eigenvalue weighted by atomic mass is 10.2. The second-order valence-electron chi connectivity index (χ2n) is 5.27. The van der Waals surface area contributed by atoms with E-state index in [2.05, 4.69) is 34.3 Å². The fraction of sp³-hybridized carbons (Fsp3) is 0.353. The van der Waals surface area contributed by atoms with Gasteiger partial charge in [-0.15, -0.1) is 0 Å². The highest BCUT2D eigenvalue weighted by Gasteiger charge is 2.21. The Morgan fingerprint density at radius 3 is 2.90 bits per heavy atom. The number of para-hydroxylation sites is 2. The number of aromatic nitrogens is 1. The summed E-state index contributed by atoms with van der Waals surface area (Å²) in [5.41, 5.74) is 2.19. The van der Waals surface area contributed by atoms with Crippen molar-refractivity contribution in [1.29, 1.82) is 0 Å². The molecule has 0 spiro atoms. The molecule has 0 fully saturated rings. The molecule has 1 atom stereocenters.